The van der Waals surface area contributed by atoms with Crippen molar-refractivity contribution in [3.8, 4) is 0 Å². The van der Waals surface area contributed by atoms with E-state index in [4.69, 9.17) is 5.73 Å². The van der Waals surface area contributed by atoms with Crippen LogP contribution in [0.15, 0.2) is 5.38 Å². The number of nitrogens with zero attached hydrogens (tertiary/aromatic N) is 2. The highest BCUT2D eigenvalue weighted by molar-refractivity contribution is 7.09. The quantitative estimate of drug-likeness (QED) is 0.898. The molecular formula is C13H19N3OS. The number of amides is 1. The van der Waals surface area contributed by atoms with Crippen LogP contribution >= 0.6 is 11.3 Å². The Morgan fingerprint density at radius 3 is 2.83 bits per heavy atom. The van der Waals surface area contributed by atoms with E-state index in [1.54, 1.807) is 0 Å². The first-order chi connectivity index (χ1) is 8.54. The molecular weight excluding hydrogens is 246 g/mol. The zero-order valence-corrected chi connectivity index (χ0v) is 11.7. The molecule has 1 aliphatic heterocycles. The second kappa shape index (κ2) is 4.03. The molecule has 1 aromatic rings. The number of carbonyl (C=O) groups excluding carboxylic acids is 1. The second-order valence-corrected chi connectivity index (χ2v) is 6.85. The van der Waals surface area contributed by atoms with Gasteiger partial charge in [-0.3, -0.25) is 4.79 Å². The highest BCUT2D eigenvalue weighted by Crippen LogP contribution is 2.62. The zero-order chi connectivity index (χ0) is 12.9. The van der Waals surface area contributed by atoms with Gasteiger partial charge in [0.2, 0.25) is 0 Å². The fraction of sp³-hybridized carbons (Fsp3) is 0.692. The van der Waals surface area contributed by atoms with Crippen molar-refractivity contribution >= 4 is 17.2 Å². The summed E-state index contributed by atoms with van der Waals surface area (Å²) in [6.45, 7) is 6.99. The van der Waals surface area contributed by atoms with Gasteiger partial charge in [-0.15, -0.1) is 11.3 Å². The van der Waals surface area contributed by atoms with E-state index >= 15 is 0 Å². The number of aromatic nitrogens is 1. The Bertz CT molecular complexity index is 468. The second-order valence-electron chi connectivity index (χ2n) is 5.91. The van der Waals surface area contributed by atoms with E-state index in [0.29, 0.717) is 29.5 Å². The average molecular weight is 265 g/mol. The molecule has 1 amide bonds. The van der Waals surface area contributed by atoms with Crippen molar-refractivity contribution < 1.29 is 4.79 Å². The highest BCUT2D eigenvalue weighted by Gasteiger charge is 2.62. The molecule has 2 aliphatic rings. The van der Waals surface area contributed by atoms with Gasteiger partial charge in [-0.1, -0.05) is 13.8 Å². The SMILES string of the molecule is CC1(C)C2CN(C(=O)c3csc(CCN)n3)CC21. The van der Waals surface area contributed by atoms with E-state index in [1.807, 2.05) is 10.3 Å². The third-order valence-corrected chi connectivity index (χ3v) is 5.45. The third-order valence-electron chi connectivity index (χ3n) is 4.54. The fourth-order valence-corrected chi connectivity index (χ4v) is 3.90. The molecule has 0 spiro atoms. The number of piperidine rings is 1. The van der Waals surface area contributed by atoms with Crippen LogP contribution in [0, 0.1) is 17.3 Å². The van der Waals surface area contributed by atoms with Crippen molar-refractivity contribution in [2.24, 2.45) is 23.0 Å². The summed E-state index contributed by atoms with van der Waals surface area (Å²) in [4.78, 5) is 18.6. The van der Waals surface area contributed by atoms with E-state index in [9.17, 15) is 4.79 Å². The Morgan fingerprint density at radius 1 is 1.56 bits per heavy atom. The van der Waals surface area contributed by atoms with Crippen LogP contribution in [0.25, 0.3) is 0 Å². The Hall–Kier alpha value is -0.940. The van der Waals surface area contributed by atoms with Crippen LogP contribution in [0.1, 0.15) is 29.3 Å². The number of thiazole rings is 1. The van der Waals surface area contributed by atoms with Gasteiger partial charge in [-0.2, -0.15) is 0 Å². The van der Waals surface area contributed by atoms with Crippen LogP contribution in [0.5, 0.6) is 0 Å². The molecule has 2 N–H and O–H groups in total. The molecule has 0 radical (unpaired) electrons. The minimum absolute atomic E-state index is 0.0949. The predicted octanol–water partition coefficient (Wildman–Crippen LogP) is 1.37. The fourth-order valence-electron chi connectivity index (χ4n) is 3.11. The van der Waals surface area contributed by atoms with Gasteiger partial charge in [0.25, 0.3) is 5.91 Å². The number of nitrogens with two attached hydrogens (primary N) is 1. The largest absolute Gasteiger partial charge is 0.337 e. The number of hydrogen-bond acceptors (Lipinski definition) is 4. The first kappa shape index (κ1) is 12.1. The van der Waals surface area contributed by atoms with E-state index < -0.39 is 0 Å². The van der Waals surface area contributed by atoms with Crippen LogP contribution in [0.2, 0.25) is 0 Å². The maximum Gasteiger partial charge on any atom is 0.273 e. The minimum Gasteiger partial charge on any atom is -0.337 e. The summed E-state index contributed by atoms with van der Waals surface area (Å²) >= 11 is 1.53. The summed E-state index contributed by atoms with van der Waals surface area (Å²) in [7, 11) is 0. The molecule has 3 rings (SSSR count). The minimum atomic E-state index is 0.0949. The van der Waals surface area contributed by atoms with E-state index in [1.165, 1.54) is 11.3 Å². The van der Waals surface area contributed by atoms with Gasteiger partial charge in [0.05, 0.1) is 5.01 Å². The number of hydrogen-bond donors (Lipinski definition) is 1. The summed E-state index contributed by atoms with van der Waals surface area (Å²) in [6, 6.07) is 0. The van der Waals surface area contributed by atoms with Crippen molar-refractivity contribution in [2.45, 2.75) is 20.3 Å². The van der Waals surface area contributed by atoms with E-state index in [-0.39, 0.29) is 5.91 Å². The molecule has 0 aromatic carbocycles. The van der Waals surface area contributed by atoms with Gasteiger partial charge in [0.15, 0.2) is 0 Å². The van der Waals surface area contributed by atoms with Crippen molar-refractivity contribution in [3.05, 3.63) is 16.1 Å². The van der Waals surface area contributed by atoms with E-state index in [2.05, 4.69) is 18.8 Å². The Labute approximate surface area is 111 Å². The van der Waals surface area contributed by atoms with Crippen LogP contribution in [-0.4, -0.2) is 35.4 Å². The molecule has 2 fully saturated rings. The molecule has 0 bridgehead atoms. The van der Waals surface area contributed by atoms with Gasteiger partial charge in [0, 0.05) is 24.9 Å². The van der Waals surface area contributed by atoms with Crippen molar-refractivity contribution in [2.75, 3.05) is 19.6 Å². The third kappa shape index (κ3) is 1.77. The van der Waals surface area contributed by atoms with Crippen LogP contribution in [0.4, 0.5) is 0 Å². The lowest BCUT2D eigenvalue weighted by molar-refractivity contribution is 0.0753. The predicted molar refractivity (Wildman–Crippen MR) is 71.5 cm³/mol. The lowest BCUT2D eigenvalue weighted by Crippen LogP contribution is -2.33. The topological polar surface area (TPSA) is 59.2 Å². The summed E-state index contributed by atoms with van der Waals surface area (Å²) in [5.74, 6) is 1.49. The van der Waals surface area contributed by atoms with Gasteiger partial charge >= 0.3 is 0 Å². The summed E-state index contributed by atoms with van der Waals surface area (Å²) in [5, 5.41) is 2.83. The smallest absolute Gasteiger partial charge is 0.273 e. The van der Waals surface area contributed by atoms with Crippen molar-refractivity contribution in [3.63, 3.8) is 0 Å². The van der Waals surface area contributed by atoms with Crippen LogP contribution in [-0.2, 0) is 6.42 Å². The van der Waals surface area contributed by atoms with Crippen molar-refractivity contribution in [1.82, 2.24) is 9.88 Å². The summed E-state index contributed by atoms with van der Waals surface area (Å²) in [6.07, 6.45) is 0.760. The van der Waals surface area contributed by atoms with Crippen LogP contribution in [0.3, 0.4) is 0 Å². The number of carbonyl (C=O) groups is 1. The maximum atomic E-state index is 12.3. The lowest BCUT2D eigenvalue weighted by atomic mass is 10.1. The zero-order valence-electron chi connectivity index (χ0n) is 10.8. The molecule has 1 saturated carbocycles. The van der Waals surface area contributed by atoms with Crippen molar-refractivity contribution in [1.29, 1.82) is 0 Å². The van der Waals surface area contributed by atoms with E-state index in [0.717, 1.165) is 24.5 Å². The molecule has 1 aliphatic carbocycles. The number of fused-ring (bicyclic) bond motifs is 1. The molecule has 2 heterocycles. The monoisotopic (exact) mass is 265 g/mol. The van der Waals surface area contributed by atoms with Crippen LogP contribution < -0.4 is 5.73 Å². The molecule has 2 unspecified atom stereocenters. The summed E-state index contributed by atoms with van der Waals surface area (Å²) in [5.41, 5.74) is 6.54. The number of likely N-dealkylation sites (tertiary alicyclic amines) is 1. The molecule has 1 aromatic heterocycles. The van der Waals surface area contributed by atoms with Gasteiger partial charge < -0.3 is 10.6 Å². The Morgan fingerprint density at radius 2 is 2.22 bits per heavy atom. The highest BCUT2D eigenvalue weighted by atomic mass is 32.1. The molecule has 1 saturated heterocycles. The van der Waals surface area contributed by atoms with Gasteiger partial charge in [-0.05, 0) is 23.8 Å². The van der Waals surface area contributed by atoms with Gasteiger partial charge in [-0.25, -0.2) is 4.98 Å². The molecule has 2 atom stereocenters. The first-order valence-electron chi connectivity index (χ1n) is 6.47. The molecule has 4 nitrogen and oxygen atoms in total. The lowest BCUT2D eigenvalue weighted by Gasteiger charge is -2.21. The molecule has 18 heavy (non-hydrogen) atoms. The number of rotatable bonds is 3. The molecule has 98 valence electrons. The standard InChI is InChI=1S/C13H19N3OS/c1-13(2)8-5-16(6-9(8)13)12(17)10-7-18-11(15-10)3-4-14/h7-9H,3-6,14H2,1-2H3. The molecule has 5 heteroatoms. The van der Waals surface area contributed by atoms with Gasteiger partial charge in [0.1, 0.15) is 5.69 Å². The summed E-state index contributed by atoms with van der Waals surface area (Å²) < 4.78 is 0. The normalized spacial score (nSPS) is 28.3. The Kier molecular flexibility index (Phi) is 2.71. The Balaban J connectivity index is 1.65. The first-order valence-corrected chi connectivity index (χ1v) is 7.35. The average Bonchev–Trinajstić information content (AvgIpc) is 2.81. The maximum absolute atomic E-state index is 12.3.